The minimum atomic E-state index is 0.486. The zero-order chi connectivity index (χ0) is 12.5. The minimum absolute atomic E-state index is 0.486. The Bertz CT molecular complexity index is 264. The van der Waals surface area contributed by atoms with Crippen molar-refractivity contribution in [1.29, 1.82) is 0 Å². The van der Waals surface area contributed by atoms with Crippen LogP contribution >= 0.6 is 0 Å². The standard InChI is InChI=1S/C16H30N2/c1-2-12-6-3-4-9-16(12)18-14-7-5-8-15(18)11-13(17)10-14/h12-16H,2-11,17H2,1H3. The lowest BCUT2D eigenvalue weighted by atomic mass is 9.75. The van der Waals surface area contributed by atoms with Crippen LogP contribution in [0.25, 0.3) is 0 Å². The lowest BCUT2D eigenvalue weighted by Crippen LogP contribution is -2.60. The highest BCUT2D eigenvalue weighted by Crippen LogP contribution is 2.41. The fraction of sp³-hybridized carbons (Fsp3) is 1.00. The molecule has 2 heterocycles. The van der Waals surface area contributed by atoms with Crippen LogP contribution in [-0.2, 0) is 0 Å². The second-order valence-electron chi connectivity index (χ2n) is 6.94. The van der Waals surface area contributed by atoms with Crippen molar-refractivity contribution in [2.24, 2.45) is 11.7 Å². The number of hydrogen-bond acceptors (Lipinski definition) is 2. The van der Waals surface area contributed by atoms with Crippen molar-refractivity contribution < 1.29 is 0 Å². The van der Waals surface area contributed by atoms with E-state index in [0.29, 0.717) is 6.04 Å². The summed E-state index contributed by atoms with van der Waals surface area (Å²) in [7, 11) is 0. The molecular weight excluding hydrogens is 220 g/mol. The van der Waals surface area contributed by atoms with Crippen LogP contribution in [0.4, 0.5) is 0 Å². The highest BCUT2D eigenvalue weighted by atomic mass is 15.2. The fourth-order valence-electron chi connectivity index (χ4n) is 5.06. The smallest absolute Gasteiger partial charge is 0.0129 e. The second kappa shape index (κ2) is 5.50. The molecule has 0 aromatic heterocycles. The van der Waals surface area contributed by atoms with Crippen molar-refractivity contribution in [3.05, 3.63) is 0 Å². The average molecular weight is 250 g/mol. The normalized spacial score (nSPS) is 46.0. The third-order valence-corrected chi connectivity index (χ3v) is 5.84. The van der Waals surface area contributed by atoms with Gasteiger partial charge in [0.05, 0.1) is 0 Å². The van der Waals surface area contributed by atoms with Crippen molar-refractivity contribution in [3.8, 4) is 0 Å². The molecule has 3 aliphatic rings. The van der Waals surface area contributed by atoms with E-state index in [2.05, 4.69) is 11.8 Å². The summed E-state index contributed by atoms with van der Waals surface area (Å²) in [5.74, 6) is 0.969. The maximum absolute atomic E-state index is 6.26. The van der Waals surface area contributed by atoms with Gasteiger partial charge < -0.3 is 5.73 Å². The summed E-state index contributed by atoms with van der Waals surface area (Å²) >= 11 is 0. The molecular formula is C16H30N2. The van der Waals surface area contributed by atoms with Crippen LogP contribution in [0.1, 0.15) is 71.1 Å². The Labute approximate surface area is 112 Å². The van der Waals surface area contributed by atoms with Crippen LogP contribution in [0, 0.1) is 5.92 Å². The van der Waals surface area contributed by atoms with Crippen molar-refractivity contribution in [2.45, 2.75) is 95.3 Å². The first-order valence-corrected chi connectivity index (χ1v) is 8.32. The van der Waals surface area contributed by atoms with Crippen molar-refractivity contribution in [3.63, 3.8) is 0 Å². The number of nitrogens with zero attached hydrogens (tertiary/aromatic N) is 1. The molecule has 2 heteroatoms. The molecule has 2 nitrogen and oxygen atoms in total. The van der Waals surface area contributed by atoms with E-state index in [-0.39, 0.29) is 0 Å². The molecule has 0 amide bonds. The summed E-state index contributed by atoms with van der Waals surface area (Å²) in [6.07, 6.45) is 14.1. The van der Waals surface area contributed by atoms with Crippen LogP contribution in [-0.4, -0.2) is 29.1 Å². The summed E-state index contributed by atoms with van der Waals surface area (Å²) < 4.78 is 0. The molecule has 4 unspecified atom stereocenters. The molecule has 0 spiro atoms. The number of piperidine rings is 2. The molecule has 1 saturated carbocycles. The van der Waals surface area contributed by atoms with E-state index in [1.165, 1.54) is 64.2 Å². The van der Waals surface area contributed by atoms with Gasteiger partial charge in [0.1, 0.15) is 0 Å². The lowest BCUT2D eigenvalue weighted by Gasteiger charge is -2.54. The Kier molecular flexibility index (Phi) is 3.95. The first kappa shape index (κ1) is 12.9. The predicted molar refractivity (Wildman–Crippen MR) is 76.5 cm³/mol. The SMILES string of the molecule is CCC1CCCCC1N1C2CCCC1CC(N)C2. The van der Waals surface area contributed by atoms with Gasteiger partial charge in [0.2, 0.25) is 0 Å². The molecule has 4 atom stereocenters. The molecule has 104 valence electrons. The van der Waals surface area contributed by atoms with Gasteiger partial charge in [-0.15, -0.1) is 0 Å². The molecule has 0 aromatic rings. The van der Waals surface area contributed by atoms with Crippen molar-refractivity contribution >= 4 is 0 Å². The Morgan fingerprint density at radius 1 is 0.944 bits per heavy atom. The zero-order valence-electron chi connectivity index (χ0n) is 12.0. The molecule has 3 rings (SSSR count). The lowest BCUT2D eigenvalue weighted by molar-refractivity contribution is -0.0386. The summed E-state index contributed by atoms with van der Waals surface area (Å²) in [5, 5.41) is 0. The molecule has 2 bridgehead atoms. The first-order chi connectivity index (χ1) is 8.79. The third-order valence-electron chi connectivity index (χ3n) is 5.84. The molecule has 1 aliphatic carbocycles. The molecule has 0 radical (unpaired) electrons. The molecule has 2 saturated heterocycles. The quantitative estimate of drug-likeness (QED) is 0.815. The fourth-order valence-corrected chi connectivity index (χ4v) is 5.06. The Morgan fingerprint density at radius 3 is 2.28 bits per heavy atom. The van der Waals surface area contributed by atoms with Crippen LogP contribution in [0.3, 0.4) is 0 Å². The van der Waals surface area contributed by atoms with Gasteiger partial charge in [-0.05, 0) is 44.4 Å². The van der Waals surface area contributed by atoms with Gasteiger partial charge in [-0.25, -0.2) is 0 Å². The van der Waals surface area contributed by atoms with E-state index in [9.17, 15) is 0 Å². The summed E-state index contributed by atoms with van der Waals surface area (Å²) in [5.41, 5.74) is 6.26. The summed E-state index contributed by atoms with van der Waals surface area (Å²) in [6.45, 7) is 2.40. The second-order valence-corrected chi connectivity index (χ2v) is 6.94. The molecule has 2 N–H and O–H groups in total. The van der Waals surface area contributed by atoms with Crippen molar-refractivity contribution in [2.75, 3.05) is 0 Å². The Hall–Kier alpha value is -0.0800. The topological polar surface area (TPSA) is 29.3 Å². The maximum Gasteiger partial charge on any atom is 0.0129 e. The van der Waals surface area contributed by atoms with E-state index in [1.807, 2.05) is 0 Å². The molecule has 18 heavy (non-hydrogen) atoms. The first-order valence-electron chi connectivity index (χ1n) is 8.32. The van der Waals surface area contributed by atoms with Crippen LogP contribution in [0.5, 0.6) is 0 Å². The van der Waals surface area contributed by atoms with E-state index in [1.54, 1.807) is 0 Å². The van der Waals surface area contributed by atoms with Gasteiger partial charge in [-0.3, -0.25) is 4.90 Å². The third kappa shape index (κ3) is 2.34. The van der Waals surface area contributed by atoms with Crippen molar-refractivity contribution in [1.82, 2.24) is 4.90 Å². The molecule has 3 fully saturated rings. The largest absolute Gasteiger partial charge is 0.328 e. The van der Waals surface area contributed by atoms with E-state index in [0.717, 1.165) is 24.0 Å². The van der Waals surface area contributed by atoms with Crippen LogP contribution in [0.15, 0.2) is 0 Å². The van der Waals surface area contributed by atoms with Crippen LogP contribution in [0.2, 0.25) is 0 Å². The molecule has 2 aliphatic heterocycles. The highest BCUT2D eigenvalue weighted by molar-refractivity contribution is 4.99. The van der Waals surface area contributed by atoms with Crippen LogP contribution < -0.4 is 5.73 Å². The monoisotopic (exact) mass is 250 g/mol. The van der Waals surface area contributed by atoms with Gasteiger partial charge in [-0.2, -0.15) is 0 Å². The van der Waals surface area contributed by atoms with E-state index < -0.39 is 0 Å². The van der Waals surface area contributed by atoms with E-state index in [4.69, 9.17) is 5.73 Å². The minimum Gasteiger partial charge on any atom is -0.328 e. The number of fused-ring (bicyclic) bond motifs is 2. The average Bonchev–Trinajstić information content (AvgIpc) is 2.37. The Balaban J connectivity index is 1.77. The van der Waals surface area contributed by atoms with Gasteiger partial charge in [0.15, 0.2) is 0 Å². The number of hydrogen-bond donors (Lipinski definition) is 1. The molecule has 0 aromatic carbocycles. The maximum atomic E-state index is 6.26. The van der Waals surface area contributed by atoms with Gasteiger partial charge in [0.25, 0.3) is 0 Å². The van der Waals surface area contributed by atoms with Gasteiger partial charge in [-0.1, -0.05) is 32.6 Å². The zero-order valence-corrected chi connectivity index (χ0v) is 12.0. The predicted octanol–water partition coefficient (Wildman–Crippen LogP) is 3.30. The summed E-state index contributed by atoms with van der Waals surface area (Å²) in [4.78, 5) is 2.96. The summed E-state index contributed by atoms with van der Waals surface area (Å²) in [6, 6.07) is 3.03. The van der Waals surface area contributed by atoms with Gasteiger partial charge in [0, 0.05) is 24.2 Å². The number of nitrogens with two attached hydrogens (primary N) is 1. The van der Waals surface area contributed by atoms with Gasteiger partial charge >= 0.3 is 0 Å². The highest BCUT2D eigenvalue weighted by Gasteiger charge is 2.42. The van der Waals surface area contributed by atoms with E-state index >= 15 is 0 Å². The Morgan fingerprint density at radius 2 is 1.61 bits per heavy atom. The number of rotatable bonds is 2.